The van der Waals surface area contributed by atoms with E-state index in [4.69, 9.17) is 0 Å². The molecule has 2 amide bonds. The van der Waals surface area contributed by atoms with E-state index in [-0.39, 0.29) is 11.5 Å². The van der Waals surface area contributed by atoms with Gasteiger partial charge in [0.1, 0.15) is 5.92 Å². The zero-order valence-corrected chi connectivity index (χ0v) is 15.6. The first-order chi connectivity index (χ1) is 14.2. The highest BCUT2D eigenvalue weighted by atomic mass is 19.3. The Morgan fingerprint density at radius 3 is 2.67 bits per heavy atom. The van der Waals surface area contributed by atoms with Crippen molar-refractivity contribution in [2.24, 2.45) is 5.92 Å². The topological polar surface area (TPSA) is 67.9 Å². The van der Waals surface area contributed by atoms with Gasteiger partial charge in [-0.1, -0.05) is 12.1 Å². The number of hydrogen-bond donors (Lipinski definition) is 1. The lowest BCUT2D eigenvalue weighted by Crippen LogP contribution is -2.47. The second kappa shape index (κ2) is 7.19. The van der Waals surface area contributed by atoms with Crippen molar-refractivity contribution in [2.75, 3.05) is 18.9 Å². The lowest BCUT2D eigenvalue weighted by Gasteiger charge is -2.35. The molecule has 0 aliphatic carbocycles. The first kappa shape index (κ1) is 20.0. The Morgan fingerprint density at radius 1 is 1.17 bits per heavy atom. The molecule has 158 valence electrons. The number of ether oxygens (including phenoxy) is 2. The Bertz CT molecular complexity index is 1030. The molecule has 10 heteroatoms. The van der Waals surface area contributed by atoms with Gasteiger partial charge in [0.15, 0.2) is 23.1 Å². The predicted molar refractivity (Wildman–Crippen MR) is 96.1 cm³/mol. The number of anilines is 1. The second-order valence-corrected chi connectivity index (χ2v) is 7.10. The average Bonchev–Trinajstić information content (AvgIpc) is 3.00. The molecule has 0 bridgehead atoms. The number of nitrogens with one attached hydrogen (secondary N) is 1. The molecule has 2 aliphatic heterocycles. The van der Waals surface area contributed by atoms with E-state index in [1.165, 1.54) is 42.3 Å². The molecular weight excluding hydrogens is 408 g/mol. The Hall–Kier alpha value is -3.30. The summed E-state index contributed by atoms with van der Waals surface area (Å²) < 4.78 is 62.8. The van der Waals surface area contributed by atoms with Crippen molar-refractivity contribution in [1.82, 2.24) is 4.90 Å². The van der Waals surface area contributed by atoms with Crippen LogP contribution in [0.3, 0.4) is 0 Å². The highest BCUT2D eigenvalue weighted by Crippen LogP contribution is 2.44. The number of benzene rings is 2. The molecule has 0 aromatic heterocycles. The van der Waals surface area contributed by atoms with Crippen LogP contribution in [0.25, 0.3) is 0 Å². The molecule has 1 N–H and O–H groups in total. The number of likely N-dealkylation sites (tertiary alicyclic amines) is 1. The molecule has 6 nitrogen and oxygen atoms in total. The van der Waals surface area contributed by atoms with Crippen molar-refractivity contribution < 1.29 is 36.6 Å². The summed E-state index contributed by atoms with van der Waals surface area (Å²) in [5, 5.41) is 2.26. The Morgan fingerprint density at radius 2 is 1.90 bits per heavy atom. The quantitative estimate of drug-likeness (QED) is 0.605. The van der Waals surface area contributed by atoms with E-state index in [1.807, 2.05) is 0 Å². The number of alkyl halides is 2. The summed E-state index contributed by atoms with van der Waals surface area (Å²) in [5.41, 5.74) is 0.0152. The van der Waals surface area contributed by atoms with E-state index in [9.17, 15) is 27.2 Å². The summed E-state index contributed by atoms with van der Waals surface area (Å²) in [6, 6.07) is 7.33. The minimum Gasteiger partial charge on any atom is -0.395 e. The number of carbonyl (C=O) groups excluding carboxylic acids is 2. The maximum atomic E-state index is 14.0. The molecule has 2 aliphatic rings. The third-order valence-electron chi connectivity index (χ3n) is 5.17. The van der Waals surface area contributed by atoms with Gasteiger partial charge in [0.05, 0.1) is 5.69 Å². The van der Waals surface area contributed by atoms with Crippen molar-refractivity contribution in [3.8, 4) is 11.5 Å². The van der Waals surface area contributed by atoms with E-state index in [0.29, 0.717) is 18.5 Å². The van der Waals surface area contributed by atoms with Gasteiger partial charge in [-0.2, -0.15) is 0 Å². The number of amides is 2. The smallest absolute Gasteiger partial charge is 0.395 e. The lowest BCUT2D eigenvalue weighted by atomic mass is 9.79. The van der Waals surface area contributed by atoms with E-state index in [2.05, 4.69) is 14.8 Å². The molecule has 1 saturated heterocycles. The summed E-state index contributed by atoms with van der Waals surface area (Å²) in [6.45, 7) is 0.326. The van der Waals surface area contributed by atoms with Crippen molar-refractivity contribution in [2.45, 2.75) is 18.6 Å². The average molecular weight is 424 g/mol. The van der Waals surface area contributed by atoms with Crippen LogP contribution in [0.5, 0.6) is 11.5 Å². The van der Waals surface area contributed by atoms with Crippen LogP contribution < -0.4 is 14.8 Å². The maximum Gasteiger partial charge on any atom is 0.586 e. The largest absolute Gasteiger partial charge is 0.586 e. The fraction of sp³-hybridized carbons (Fsp3) is 0.300. The van der Waals surface area contributed by atoms with Crippen LogP contribution in [0.2, 0.25) is 0 Å². The summed E-state index contributed by atoms with van der Waals surface area (Å²) in [6.07, 6.45) is -3.45. The first-order valence-electron chi connectivity index (χ1n) is 9.06. The van der Waals surface area contributed by atoms with Crippen LogP contribution in [0.1, 0.15) is 17.9 Å². The maximum absolute atomic E-state index is 14.0. The Labute approximate surface area is 168 Å². The first-order valence-corrected chi connectivity index (χ1v) is 9.06. The van der Waals surface area contributed by atoms with Gasteiger partial charge in [-0.3, -0.25) is 9.59 Å². The molecule has 2 aromatic rings. The molecule has 2 heterocycles. The number of carbonyl (C=O) groups is 2. The summed E-state index contributed by atoms with van der Waals surface area (Å²) in [4.78, 5) is 27.0. The Balaban J connectivity index is 1.65. The second-order valence-electron chi connectivity index (χ2n) is 7.10. The molecule has 4 rings (SSSR count). The van der Waals surface area contributed by atoms with Crippen molar-refractivity contribution in [3.05, 3.63) is 53.6 Å². The van der Waals surface area contributed by atoms with Crippen molar-refractivity contribution in [3.63, 3.8) is 0 Å². The third-order valence-corrected chi connectivity index (χ3v) is 5.17. The number of hydrogen-bond acceptors (Lipinski definition) is 4. The highest BCUT2D eigenvalue weighted by molar-refractivity contribution is 6.07. The van der Waals surface area contributed by atoms with Gasteiger partial charge in [-0.15, -0.1) is 8.78 Å². The van der Waals surface area contributed by atoms with Gasteiger partial charge in [-0.25, -0.2) is 8.78 Å². The molecule has 0 spiro atoms. The molecule has 2 atom stereocenters. The number of piperidine rings is 1. The van der Waals surface area contributed by atoms with Crippen LogP contribution in [-0.2, 0) is 9.59 Å². The lowest BCUT2D eigenvalue weighted by molar-refractivity contribution is -0.286. The van der Waals surface area contributed by atoms with Crippen LogP contribution in [0.15, 0.2) is 36.4 Å². The monoisotopic (exact) mass is 424 g/mol. The Kier molecular flexibility index (Phi) is 4.79. The van der Waals surface area contributed by atoms with Crippen molar-refractivity contribution >= 4 is 17.5 Å². The van der Waals surface area contributed by atoms with E-state index in [1.54, 1.807) is 0 Å². The molecule has 0 unspecified atom stereocenters. The summed E-state index contributed by atoms with van der Waals surface area (Å²) >= 11 is 0. The number of rotatable bonds is 3. The van der Waals surface area contributed by atoms with Crippen molar-refractivity contribution in [1.29, 1.82) is 0 Å². The highest BCUT2D eigenvalue weighted by Gasteiger charge is 2.45. The molecule has 0 radical (unpaired) electrons. The normalized spacial score (nSPS) is 22.2. The number of nitrogens with zero attached hydrogens (tertiary/aromatic N) is 1. The third kappa shape index (κ3) is 3.53. The van der Waals surface area contributed by atoms with Crippen LogP contribution in [0.4, 0.5) is 23.2 Å². The molecule has 30 heavy (non-hydrogen) atoms. The van der Waals surface area contributed by atoms with Crippen LogP contribution >= 0.6 is 0 Å². The van der Waals surface area contributed by atoms with Gasteiger partial charge in [0.25, 0.3) is 0 Å². The van der Waals surface area contributed by atoms with Gasteiger partial charge >= 0.3 is 6.29 Å². The van der Waals surface area contributed by atoms with Gasteiger partial charge in [0, 0.05) is 19.5 Å². The number of fused-ring (bicyclic) bond motifs is 1. The van der Waals surface area contributed by atoms with Gasteiger partial charge in [0.2, 0.25) is 11.8 Å². The zero-order valence-electron chi connectivity index (χ0n) is 15.6. The summed E-state index contributed by atoms with van der Waals surface area (Å²) in [7, 11) is 1.52. The molecular formula is C20H16F4N2O4. The number of halogens is 4. The minimum absolute atomic E-state index is 0.161. The minimum atomic E-state index is -3.80. The van der Waals surface area contributed by atoms with Crippen LogP contribution in [0, 0.1) is 17.6 Å². The molecule has 2 aromatic carbocycles. The summed E-state index contributed by atoms with van der Waals surface area (Å²) in [5.74, 6) is -6.07. The fourth-order valence-electron chi connectivity index (χ4n) is 3.68. The van der Waals surface area contributed by atoms with Crippen LogP contribution in [-0.4, -0.2) is 36.6 Å². The van der Waals surface area contributed by atoms with E-state index >= 15 is 0 Å². The fourth-order valence-corrected chi connectivity index (χ4v) is 3.68. The van der Waals surface area contributed by atoms with E-state index in [0.717, 1.165) is 6.07 Å². The van der Waals surface area contributed by atoms with Gasteiger partial charge in [-0.05, 0) is 36.2 Å². The molecule has 1 fully saturated rings. The zero-order chi connectivity index (χ0) is 21.6. The van der Waals surface area contributed by atoms with Gasteiger partial charge < -0.3 is 19.7 Å². The SMILES string of the molecule is CN1CC[C@H](c2ccc3c(c2)OC(F)(F)O3)[C@@H](C(=O)Nc2cccc(F)c2F)C1=O. The standard InChI is InChI=1S/C20H16F4N2O4/c1-26-8-7-11(10-5-6-14-15(9-10)30-20(23,24)29-14)16(19(26)28)18(27)25-13-4-2-3-12(21)17(13)22/h2-6,9,11,16H,7-8H2,1H3,(H,25,27)/t11-,16+/m1/s1. The molecule has 0 saturated carbocycles. The predicted octanol–water partition coefficient (Wildman–Crippen LogP) is 3.49. The van der Waals surface area contributed by atoms with E-state index < -0.39 is 47.3 Å².